The van der Waals surface area contributed by atoms with Crippen LogP contribution in [0.25, 0.3) is 0 Å². The number of amides is 2. The maximum absolute atomic E-state index is 12.9. The number of hydrogen-bond donors (Lipinski definition) is 2. The molecule has 0 bridgehead atoms. The fourth-order valence-electron chi connectivity index (χ4n) is 4.62. The van der Waals surface area contributed by atoms with Gasteiger partial charge in [0.05, 0.1) is 12.1 Å². The van der Waals surface area contributed by atoms with Gasteiger partial charge in [-0.3, -0.25) is 14.6 Å². The number of nitrogens with zero attached hydrogens (tertiary/aromatic N) is 2. The summed E-state index contributed by atoms with van der Waals surface area (Å²) in [7, 11) is 1.79. The molecule has 1 aromatic carbocycles. The molecule has 2 N–H and O–H groups in total. The minimum atomic E-state index is -0.588. The molecular weight excluding hydrogens is 390 g/mol. The van der Waals surface area contributed by atoms with Gasteiger partial charge in [0.2, 0.25) is 11.8 Å². The van der Waals surface area contributed by atoms with Crippen LogP contribution in [0, 0.1) is 0 Å². The Kier molecular flexibility index (Phi) is 7.80. The first-order chi connectivity index (χ1) is 14.9. The normalized spacial score (nSPS) is 23.6. The lowest BCUT2D eigenvalue weighted by Gasteiger charge is -2.34. The Labute approximate surface area is 184 Å². The van der Waals surface area contributed by atoms with E-state index in [0.717, 1.165) is 18.4 Å². The van der Waals surface area contributed by atoms with Crippen molar-refractivity contribution in [2.75, 3.05) is 13.6 Å². The monoisotopic (exact) mass is 423 g/mol. The molecule has 166 valence electrons. The molecule has 1 saturated carbocycles. The van der Waals surface area contributed by atoms with E-state index >= 15 is 0 Å². The van der Waals surface area contributed by atoms with Crippen molar-refractivity contribution in [1.29, 1.82) is 0 Å². The van der Waals surface area contributed by atoms with Crippen molar-refractivity contribution in [3.8, 4) is 0 Å². The Balaban J connectivity index is 1.71. The Morgan fingerprint density at radius 2 is 1.90 bits per heavy atom. The van der Waals surface area contributed by atoms with Gasteiger partial charge in [-0.1, -0.05) is 36.4 Å². The number of rotatable bonds is 7. The highest BCUT2D eigenvalue weighted by Crippen LogP contribution is 2.39. The summed E-state index contributed by atoms with van der Waals surface area (Å²) in [6.07, 6.45) is 6.76. The summed E-state index contributed by atoms with van der Waals surface area (Å²) in [5.41, 5.74) is 1.95. The van der Waals surface area contributed by atoms with Gasteiger partial charge in [-0.25, -0.2) is 0 Å². The lowest BCUT2D eigenvalue weighted by Crippen LogP contribution is -2.44. The SMILES string of the molecule is CC(=O)NC[C@]1(c2ccccc2)CC[C@H](O)[C@@H](N(C)C(=O)CCc2cccnc2)CC1. The zero-order valence-electron chi connectivity index (χ0n) is 18.5. The van der Waals surface area contributed by atoms with E-state index in [1.54, 1.807) is 24.3 Å². The van der Waals surface area contributed by atoms with Crippen LogP contribution in [0.15, 0.2) is 54.9 Å². The molecule has 3 rings (SSSR count). The molecular formula is C25H33N3O3. The lowest BCUT2D eigenvalue weighted by atomic mass is 9.74. The van der Waals surface area contributed by atoms with Crippen LogP contribution in [-0.4, -0.2) is 52.5 Å². The van der Waals surface area contributed by atoms with Gasteiger partial charge in [-0.15, -0.1) is 0 Å². The average molecular weight is 424 g/mol. The van der Waals surface area contributed by atoms with E-state index in [1.165, 1.54) is 12.5 Å². The van der Waals surface area contributed by atoms with Crippen molar-refractivity contribution in [2.24, 2.45) is 0 Å². The maximum atomic E-state index is 12.9. The zero-order valence-corrected chi connectivity index (χ0v) is 18.5. The van der Waals surface area contributed by atoms with Gasteiger partial charge in [0.1, 0.15) is 0 Å². The molecule has 6 nitrogen and oxygen atoms in total. The van der Waals surface area contributed by atoms with Gasteiger partial charge in [0.25, 0.3) is 0 Å². The molecule has 0 unspecified atom stereocenters. The molecule has 0 saturated heterocycles. The highest BCUT2D eigenvalue weighted by Gasteiger charge is 2.39. The van der Waals surface area contributed by atoms with Crippen LogP contribution in [0.3, 0.4) is 0 Å². The third kappa shape index (κ3) is 5.91. The van der Waals surface area contributed by atoms with Crippen LogP contribution in [0.4, 0.5) is 0 Å². The van der Waals surface area contributed by atoms with Crippen molar-refractivity contribution in [3.05, 3.63) is 66.0 Å². The molecule has 6 heteroatoms. The smallest absolute Gasteiger partial charge is 0.222 e. The van der Waals surface area contributed by atoms with Gasteiger partial charge >= 0.3 is 0 Å². The Bertz CT molecular complexity index is 859. The lowest BCUT2D eigenvalue weighted by molar-refractivity contribution is -0.134. The standard InChI is InChI=1S/C25H33N3O3/c1-19(29)27-18-25(21-8-4-3-5-9-21)14-12-22(23(30)13-15-25)28(2)24(31)11-10-20-7-6-16-26-17-20/h3-9,16-17,22-23,30H,10-15,18H2,1-2H3,(H,27,29)/t22-,23-,25+/m0/s1. The number of aliphatic hydroxyl groups is 1. The first-order valence-electron chi connectivity index (χ1n) is 11.0. The minimum absolute atomic E-state index is 0.0296. The van der Waals surface area contributed by atoms with E-state index in [1.807, 2.05) is 30.3 Å². The Hall–Kier alpha value is -2.73. The molecule has 0 spiro atoms. The summed E-state index contributed by atoms with van der Waals surface area (Å²) < 4.78 is 0. The average Bonchev–Trinajstić information content (AvgIpc) is 2.96. The fourth-order valence-corrected chi connectivity index (χ4v) is 4.62. The predicted octanol–water partition coefficient (Wildman–Crippen LogP) is 2.85. The molecule has 0 aliphatic heterocycles. The Morgan fingerprint density at radius 3 is 2.58 bits per heavy atom. The fraction of sp³-hybridized carbons (Fsp3) is 0.480. The van der Waals surface area contributed by atoms with E-state index < -0.39 is 6.10 Å². The summed E-state index contributed by atoms with van der Waals surface area (Å²) in [5, 5.41) is 13.9. The molecule has 1 fully saturated rings. The molecule has 0 radical (unpaired) electrons. The molecule has 1 aromatic heterocycles. The topological polar surface area (TPSA) is 82.5 Å². The summed E-state index contributed by atoms with van der Waals surface area (Å²) in [6.45, 7) is 2.06. The quantitative estimate of drug-likeness (QED) is 0.671. The molecule has 31 heavy (non-hydrogen) atoms. The van der Waals surface area contributed by atoms with Crippen LogP contribution in [-0.2, 0) is 21.4 Å². The van der Waals surface area contributed by atoms with Crippen molar-refractivity contribution in [2.45, 2.75) is 63.0 Å². The van der Waals surface area contributed by atoms with Gasteiger partial charge in [-0.05, 0) is 49.3 Å². The summed E-state index contributed by atoms with van der Waals surface area (Å²) in [5.74, 6) is -0.0266. The highest BCUT2D eigenvalue weighted by molar-refractivity contribution is 5.76. The largest absolute Gasteiger partial charge is 0.391 e. The van der Waals surface area contributed by atoms with Gasteiger partial charge in [0.15, 0.2) is 0 Å². The minimum Gasteiger partial charge on any atom is -0.391 e. The van der Waals surface area contributed by atoms with Crippen LogP contribution in [0.2, 0.25) is 0 Å². The number of aliphatic hydroxyl groups excluding tert-OH is 1. The molecule has 2 amide bonds. The third-order valence-electron chi connectivity index (χ3n) is 6.58. The van der Waals surface area contributed by atoms with E-state index in [4.69, 9.17) is 0 Å². The number of likely N-dealkylation sites (N-methyl/N-ethyl adjacent to an activating group) is 1. The van der Waals surface area contributed by atoms with Crippen molar-refractivity contribution in [3.63, 3.8) is 0 Å². The number of nitrogens with one attached hydrogen (secondary N) is 1. The number of hydrogen-bond acceptors (Lipinski definition) is 4. The number of pyridine rings is 1. The van der Waals surface area contributed by atoms with Gasteiger partial charge < -0.3 is 15.3 Å². The maximum Gasteiger partial charge on any atom is 0.222 e. The first kappa shape index (κ1) is 22.9. The predicted molar refractivity (Wildman–Crippen MR) is 120 cm³/mol. The van der Waals surface area contributed by atoms with E-state index in [2.05, 4.69) is 22.4 Å². The molecule has 1 heterocycles. The second-order valence-electron chi connectivity index (χ2n) is 8.63. The number of aromatic nitrogens is 1. The van der Waals surface area contributed by atoms with Crippen LogP contribution < -0.4 is 5.32 Å². The van der Waals surface area contributed by atoms with Crippen molar-refractivity contribution >= 4 is 11.8 Å². The van der Waals surface area contributed by atoms with E-state index in [0.29, 0.717) is 32.2 Å². The van der Waals surface area contributed by atoms with Crippen LogP contribution in [0.5, 0.6) is 0 Å². The molecule has 1 aliphatic carbocycles. The second-order valence-corrected chi connectivity index (χ2v) is 8.63. The van der Waals surface area contributed by atoms with Crippen LogP contribution in [0.1, 0.15) is 50.2 Å². The second kappa shape index (κ2) is 10.5. The van der Waals surface area contributed by atoms with Crippen LogP contribution >= 0.6 is 0 Å². The molecule has 3 atom stereocenters. The number of carbonyl (C=O) groups excluding carboxylic acids is 2. The summed E-state index contributed by atoms with van der Waals surface area (Å²) in [6, 6.07) is 13.8. The number of benzene rings is 1. The summed E-state index contributed by atoms with van der Waals surface area (Å²) >= 11 is 0. The van der Waals surface area contributed by atoms with Crippen molar-refractivity contribution < 1.29 is 14.7 Å². The Morgan fingerprint density at radius 1 is 1.16 bits per heavy atom. The van der Waals surface area contributed by atoms with Gasteiger partial charge in [0, 0.05) is 44.7 Å². The summed E-state index contributed by atoms with van der Waals surface area (Å²) in [4.78, 5) is 30.3. The van der Waals surface area contributed by atoms with Crippen molar-refractivity contribution in [1.82, 2.24) is 15.2 Å². The molecule has 2 aromatic rings. The van der Waals surface area contributed by atoms with E-state index in [9.17, 15) is 14.7 Å². The highest BCUT2D eigenvalue weighted by atomic mass is 16.3. The third-order valence-corrected chi connectivity index (χ3v) is 6.58. The van der Waals surface area contributed by atoms with Gasteiger partial charge in [-0.2, -0.15) is 0 Å². The number of carbonyl (C=O) groups is 2. The first-order valence-corrected chi connectivity index (χ1v) is 11.0. The zero-order chi connectivity index (χ0) is 22.3. The molecule has 1 aliphatic rings. The number of aryl methyl sites for hydroxylation is 1. The van der Waals surface area contributed by atoms with E-state index in [-0.39, 0.29) is 23.3 Å².